The predicted octanol–water partition coefficient (Wildman–Crippen LogP) is 7.22. The molecule has 0 amide bonds. The smallest absolute Gasteiger partial charge is 0.337 e. The fourth-order valence-electron chi connectivity index (χ4n) is 5.97. The zero-order valence-corrected chi connectivity index (χ0v) is 26.3. The first kappa shape index (κ1) is 28.9. The quantitative estimate of drug-likeness (QED) is 0.0737. The van der Waals surface area contributed by atoms with Crippen molar-refractivity contribution in [3.05, 3.63) is 77.3 Å². The van der Waals surface area contributed by atoms with E-state index in [0.717, 1.165) is 42.5 Å². The molecule has 5 aromatic rings. The Morgan fingerprint density at radius 2 is 1.71 bits per heavy atom. The summed E-state index contributed by atoms with van der Waals surface area (Å²) in [7, 11) is 5.51. The van der Waals surface area contributed by atoms with E-state index in [1.807, 2.05) is 49.0 Å². The number of anilines is 1. The molecular formula is C31H26Cl4N3O4+. The Morgan fingerprint density at radius 1 is 1.00 bits per heavy atom. The van der Waals surface area contributed by atoms with Crippen molar-refractivity contribution in [1.82, 2.24) is 9.14 Å². The van der Waals surface area contributed by atoms with Crippen LogP contribution in [0, 0.1) is 0 Å². The second kappa shape index (κ2) is 10.5. The van der Waals surface area contributed by atoms with Crippen LogP contribution in [0.5, 0.6) is 0 Å². The molecule has 0 saturated heterocycles. The molecule has 3 aromatic carbocycles. The summed E-state index contributed by atoms with van der Waals surface area (Å²) in [6, 6.07) is 9.66. The highest BCUT2D eigenvalue weighted by Crippen LogP contribution is 2.50. The number of rotatable bonds is 3. The number of hydrogen-bond donors (Lipinski definition) is 1. The van der Waals surface area contributed by atoms with Crippen LogP contribution in [-0.2, 0) is 13.5 Å². The molecule has 216 valence electrons. The minimum Gasteiger partial charge on any atom is -0.478 e. The maximum Gasteiger partial charge on any atom is 0.337 e. The molecule has 0 saturated carbocycles. The normalized spacial score (nSPS) is 13.3. The Bertz CT molecular complexity index is 2150. The van der Waals surface area contributed by atoms with Crippen LogP contribution in [0.3, 0.4) is 0 Å². The largest absolute Gasteiger partial charge is 0.478 e. The van der Waals surface area contributed by atoms with E-state index < -0.39 is 11.5 Å². The van der Waals surface area contributed by atoms with E-state index in [-0.39, 0.29) is 42.2 Å². The molecule has 42 heavy (non-hydrogen) atoms. The van der Waals surface area contributed by atoms with Crippen molar-refractivity contribution < 1.29 is 14.3 Å². The van der Waals surface area contributed by atoms with Crippen LogP contribution in [0.4, 0.5) is 5.69 Å². The van der Waals surface area contributed by atoms with Crippen molar-refractivity contribution in [2.24, 2.45) is 7.05 Å². The molecule has 1 aliphatic heterocycles. The van der Waals surface area contributed by atoms with Crippen LogP contribution in [-0.4, -0.2) is 42.8 Å². The summed E-state index contributed by atoms with van der Waals surface area (Å²) >= 11 is 26.2. The summed E-state index contributed by atoms with van der Waals surface area (Å²) in [5.74, 6) is -1.36. The van der Waals surface area contributed by atoms with E-state index in [1.54, 1.807) is 7.05 Å². The van der Waals surface area contributed by atoms with Gasteiger partial charge >= 0.3 is 5.97 Å². The molecule has 0 radical (unpaired) electrons. The van der Waals surface area contributed by atoms with Gasteiger partial charge in [-0.3, -0.25) is 4.79 Å². The third-order valence-electron chi connectivity index (χ3n) is 8.09. The Labute approximate surface area is 260 Å². The first-order valence-electron chi connectivity index (χ1n) is 13.4. The summed E-state index contributed by atoms with van der Waals surface area (Å²) in [5.41, 5.74) is 3.07. The van der Waals surface area contributed by atoms with Crippen LogP contribution in [0.15, 0.2) is 39.5 Å². The molecule has 2 aromatic heterocycles. The molecular weight excluding hydrogens is 620 g/mol. The highest BCUT2D eigenvalue weighted by atomic mass is 35.5. The summed E-state index contributed by atoms with van der Waals surface area (Å²) in [6.07, 6.45) is 1.76. The Balaban J connectivity index is 1.94. The number of halogens is 4. The summed E-state index contributed by atoms with van der Waals surface area (Å²) in [4.78, 5) is 29.3. The molecule has 0 unspecified atom stereocenters. The van der Waals surface area contributed by atoms with E-state index in [2.05, 4.69) is 11.8 Å². The van der Waals surface area contributed by atoms with Gasteiger partial charge in [-0.1, -0.05) is 46.4 Å². The number of aromatic carboxylic acids is 1. The fourth-order valence-corrected chi connectivity index (χ4v) is 7.00. The third-order valence-corrected chi connectivity index (χ3v) is 9.89. The van der Waals surface area contributed by atoms with Crippen molar-refractivity contribution >= 4 is 90.9 Å². The first-order chi connectivity index (χ1) is 20.0. The van der Waals surface area contributed by atoms with Crippen molar-refractivity contribution in [2.45, 2.75) is 19.8 Å². The Morgan fingerprint density at radius 3 is 2.38 bits per heavy atom. The van der Waals surface area contributed by atoms with Gasteiger partial charge in [-0.15, -0.1) is 0 Å². The number of aromatic nitrogens is 1. The molecule has 11 heteroatoms. The van der Waals surface area contributed by atoms with Gasteiger partial charge < -0.3 is 19.0 Å². The van der Waals surface area contributed by atoms with Gasteiger partial charge in [0.05, 0.1) is 36.6 Å². The van der Waals surface area contributed by atoms with Crippen LogP contribution in [0.1, 0.15) is 29.3 Å². The lowest BCUT2D eigenvalue weighted by atomic mass is 9.90. The monoisotopic (exact) mass is 644 g/mol. The zero-order valence-electron chi connectivity index (χ0n) is 23.2. The average molecular weight is 646 g/mol. The van der Waals surface area contributed by atoms with E-state index in [9.17, 15) is 14.7 Å². The molecule has 3 heterocycles. The zero-order chi connectivity index (χ0) is 30.2. The van der Waals surface area contributed by atoms with Gasteiger partial charge in [-0.2, -0.15) is 0 Å². The molecule has 0 aliphatic carbocycles. The number of hydrogen-bond acceptors (Lipinski definition) is 4. The van der Waals surface area contributed by atoms with Gasteiger partial charge in [0.25, 0.3) is 5.56 Å². The number of carboxylic acid groups (broad SMARTS) is 1. The van der Waals surface area contributed by atoms with Crippen molar-refractivity contribution in [2.75, 3.05) is 32.1 Å². The van der Waals surface area contributed by atoms with Gasteiger partial charge in [-0.05, 0) is 37.5 Å². The number of carbonyl (C=O) groups is 1. The lowest BCUT2D eigenvalue weighted by Gasteiger charge is -2.31. The maximum absolute atomic E-state index is 14.3. The van der Waals surface area contributed by atoms with Gasteiger partial charge in [0.2, 0.25) is 5.36 Å². The molecule has 0 bridgehead atoms. The van der Waals surface area contributed by atoms with Crippen LogP contribution in [0.25, 0.3) is 44.0 Å². The highest BCUT2D eigenvalue weighted by molar-refractivity contribution is 6.54. The predicted molar refractivity (Wildman–Crippen MR) is 172 cm³/mol. The molecule has 6 rings (SSSR count). The van der Waals surface area contributed by atoms with E-state index >= 15 is 0 Å². The topological polar surface area (TPSA) is 78.7 Å². The molecule has 1 aliphatic rings. The molecule has 7 nitrogen and oxygen atoms in total. The van der Waals surface area contributed by atoms with Crippen molar-refractivity contribution in [3.8, 4) is 11.1 Å². The van der Waals surface area contributed by atoms with E-state index in [0.29, 0.717) is 27.5 Å². The minimum absolute atomic E-state index is 0.0128. The Hall–Kier alpha value is -3.23. The minimum atomic E-state index is -1.36. The maximum atomic E-state index is 14.3. The number of pyridine rings is 1. The molecule has 1 N–H and O–H groups in total. The number of benzene rings is 3. The van der Waals surface area contributed by atoms with Crippen molar-refractivity contribution in [1.29, 1.82) is 0 Å². The van der Waals surface area contributed by atoms with Gasteiger partial charge in [-0.25, -0.2) is 9.37 Å². The van der Waals surface area contributed by atoms with Crippen LogP contribution in [0.2, 0.25) is 20.1 Å². The number of aryl methyl sites for hydroxylation is 2. The average Bonchev–Trinajstić information content (AvgIpc) is 2.97. The van der Waals surface area contributed by atoms with Crippen molar-refractivity contribution in [3.63, 3.8) is 0 Å². The van der Waals surface area contributed by atoms with Crippen LogP contribution < -0.4 is 20.4 Å². The first-order valence-corrected chi connectivity index (χ1v) is 14.9. The SMILES string of the molecule is CCN1CCCc2cc3c(-c4c(Cl)c(Cl)c(Cl)c(Cl)c4C(=O)O)c4c(=O)n(C)c5cc(=[N+](C)C)ccc5c4oc3cc21. The van der Waals surface area contributed by atoms with Gasteiger partial charge in [0.15, 0.2) is 0 Å². The highest BCUT2D eigenvalue weighted by Gasteiger charge is 2.31. The number of fused-ring (bicyclic) bond motifs is 5. The number of carboxylic acids is 1. The van der Waals surface area contributed by atoms with Gasteiger partial charge in [0.1, 0.15) is 25.3 Å². The lowest BCUT2D eigenvalue weighted by molar-refractivity contribution is 0.0698. The van der Waals surface area contributed by atoms with E-state index in [1.165, 1.54) is 4.57 Å². The molecule has 0 spiro atoms. The second-order valence-corrected chi connectivity index (χ2v) is 12.1. The molecule has 0 fully saturated rings. The van der Waals surface area contributed by atoms with E-state index in [4.69, 9.17) is 50.8 Å². The van der Waals surface area contributed by atoms with Crippen LogP contribution >= 0.6 is 46.4 Å². The summed E-state index contributed by atoms with van der Waals surface area (Å²) in [5, 5.41) is 12.0. The van der Waals surface area contributed by atoms with Gasteiger partial charge in [0, 0.05) is 65.9 Å². The summed E-state index contributed by atoms with van der Waals surface area (Å²) < 4.78 is 10.1. The fraction of sp³-hybridized carbons (Fsp3) is 0.258. The summed E-state index contributed by atoms with van der Waals surface area (Å²) in [6.45, 7) is 3.81. The third kappa shape index (κ3) is 4.21. The standard InChI is InChI=1S/C31H25Cl4N3O4/c1-5-38-10-6-7-14-11-17-20(13-18(14)38)42-29-16-9-8-15(36(2)3)12-19(16)37(4)30(39)24(29)21(17)22-23(31(40)41)26(33)28(35)27(34)25(22)32/h8-9,11-13H,5-7,10H2,1-4H3/p+1. The second-order valence-electron chi connectivity index (χ2n) is 10.6. The molecule has 0 atom stereocenters. The number of nitrogens with zero attached hydrogens (tertiary/aromatic N) is 3. The Kier molecular flexibility index (Phi) is 7.21. The lowest BCUT2D eigenvalue weighted by Crippen LogP contribution is -2.28.